The van der Waals surface area contributed by atoms with Gasteiger partial charge in [0.1, 0.15) is 29.8 Å². The number of pyridine rings is 1. The van der Waals surface area contributed by atoms with Crippen molar-refractivity contribution in [3.8, 4) is 17.3 Å². The van der Waals surface area contributed by atoms with Crippen molar-refractivity contribution in [1.82, 2.24) is 35.4 Å². The molecule has 0 unspecified atom stereocenters. The normalized spacial score (nSPS) is 30.1. The minimum absolute atomic E-state index is 0.0127. The Labute approximate surface area is 285 Å². The van der Waals surface area contributed by atoms with E-state index in [-0.39, 0.29) is 55.4 Å². The van der Waals surface area contributed by atoms with E-state index in [1.807, 2.05) is 17.9 Å². The Morgan fingerprint density at radius 1 is 1.20 bits per heavy atom. The van der Waals surface area contributed by atoms with Crippen molar-refractivity contribution >= 4 is 45.3 Å². The second-order valence-electron chi connectivity index (χ2n) is 14.5. The molecule has 2 N–H and O–H groups in total. The van der Waals surface area contributed by atoms with Crippen LogP contribution in [0.15, 0.2) is 18.5 Å². The average Bonchev–Trinajstić information content (AvgIpc) is 3.37. The van der Waals surface area contributed by atoms with Gasteiger partial charge < -0.3 is 24.4 Å². The molecule has 1 amide bonds. The molecule has 0 spiro atoms. The van der Waals surface area contributed by atoms with Gasteiger partial charge in [-0.25, -0.2) is 13.6 Å². The van der Waals surface area contributed by atoms with Crippen LogP contribution in [0, 0.1) is 11.7 Å². The number of alkyl carbamates (subject to hydrolysis) is 1. The predicted molar refractivity (Wildman–Crippen MR) is 177 cm³/mol. The zero-order valence-electron chi connectivity index (χ0n) is 27.1. The molecule has 4 fully saturated rings. The van der Waals surface area contributed by atoms with E-state index in [1.54, 1.807) is 12.4 Å². The molecule has 5 atom stereocenters. The van der Waals surface area contributed by atoms with Crippen molar-refractivity contribution in [1.29, 1.82) is 0 Å². The number of amides is 1. The number of aromatic amines is 1. The van der Waals surface area contributed by atoms with Gasteiger partial charge in [-0.2, -0.15) is 15.1 Å². The molecule has 8 heterocycles. The third-order valence-corrected chi connectivity index (χ3v) is 11.3. The van der Waals surface area contributed by atoms with Gasteiger partial charge in [0.15, 0.2) is 5.82 Å². The number of rotatable bonds is 3. The van der Waals surface area contributed by atoms with Crippen LogP contribution >= 0.6 is 11.6 Å². The lowest BCUT2D eigenvalue weighted by atomic mass is 9.94. The highest BCUT2D eigenvalue weighted by Gasteiger charge is 2.49. The van der Waals surface area contributed by atoms with E-state index in [0.29, 0.717) is 65.2 Å². The van der Waals surface area contributed by atoms with E-state index < -0.39 is 29.2 Å². The zero-order chi connectivity index (χ0) is 33.5. The summed E-state index contributed by atoms with van der Waals surface area (Å²) >= 11 is 6.94. The largest absolute Gasteiger partial charge is 0.461 e. The summed E-state index contributed by atoms with van der Waals surface area (Å²) in [5.74, 6) is -0.0380. The second-order valence-corrected chi connectivity index (χ2v) is 14.9. The van der Waals surface area contributed by atoms with Crippen molar-refractivity contribution in [3.63, 3.8) is 0 Å². The third kappa shape index (κ3) is 5.34. The molecule has 1 aliphatic carbocycles. The van der Waals surface area contributed by atoms with Gasteiger partial charge in [-0.3, -0.25) is 15.0 Å². The number of nitrogens with one attached hydrogen (secondary N) is 2. The van der Waals surface area contributed by atoms with Crippen LogP contribution in [0.5, 0.6) is 6.01 Å². The first-order valence-corrected chi connectivity index (χ1v) is 17.4. The van der Waals surface area contributed by atoms with Gasteiger partial charge in [-0.05, 0) is 62.6 Å². The maximum absolute atomic E-state index is 17.3. The van der Waals surface area contributed by atoms with Crippen LogP contribution in [0.2, 0.25) is 5.02 Å². The zero-order valence-corrected chi connectivity index (χ0v) is 27.9. The summed E-state index contributed by atoms with van der Waals surface area (Å²) in [6, 6.07) is 1.80. The summed E-state index contributed by atoms with van der Waals surface area (Å²) in [6.45, 7) is 4.75. The van der Waals surface area contributed by atoms with Gasteiger partial charge in [-0.15, -0.1) is 0 Å². The van der Waals surface area contributed by atoms with E-state index in [1.165, 1.54) is 0 Å². The fourth-order valence-electron chi connectivity index (χ4n) is 8.62. The number of anilines is 1. The molecule has 49 heavy (non-hydrogen) atoms. The molecule has 12 nitrogen and oxygen atoms in total. The molecule has 5 aliphatic heterocycles. The Bertz CT molecular complexity index is 1980. The molecule has 15 heteroatoms. The quantitative estimate of drug-likeness (QED) is 0.297. The number of alkyl halides is 1. The Morgan fingerprint density at radius 2 is 2.10 bits per heavy atom. The van der Waals surface area contributed by atoms with Crippen molar-refractivity contribution in [2.24, 2.45) is 5.92 Å². The summed E-state index contributed by atoms with van der Waals surface area (Å²) in [4.78, 5) is 31.4. The fourth-order valence-corrected chi connectivity index (χ4v) is 8.97. The second kappa shape index (κ2) is 11.6. The highest BCUT2D eigenvalue weighted by atomic mass is 35.5. The predicted octanol–water partition coefficient (Wildman–Crippen LogP) is 5.14. The Hall–Kier alpha value is -3.88. The molecule has 3 aromatic heterocycles. The first-order chi connectivity index (χ1) is 23.7. The molecule has 10 rings (SSSR count). The van der Waals surface area contributed by atoms with Gasteiger partial charge in [0.2, 0.25) is 0 Å². The molecule has 1 saturated carbocycles. The maximum atomic E-state index is 17.3. The van der Waals surface area contributed by atoms with Crippen molar-refractivity contribution in [2.45, 2.75) is 62.2 Å². The number of benzene rings is 1. The van der Waals surface area contributed by atoms with Crippen LogP contribution < -0.4 is 15.0 Å². The van der Waals surface area contributed by atoms with Crippen LogP contribution in [0.3, 0.4) is 0 Å². The minimum Gasteiger partial charge on any atom is -0.461 e. The van der Waals surface area contributed by atoms with Crippen molar-refractivity contribution in [2.75, 3.05) is 57.5 Å². The monoisotopic (exact) mass is 694 g/mol. The number of aromatic nitrogens is 5. The van der Waals surface area contributed by atoms with Gasteiger partial charge in [0.25, 0.3) is 0 Å². The van der Waals surface area contributed by atoms with Gasteiger partial charge in [0, 0.05) is 48.2 Å². The Kier molecular flexibility index (Phi) is 7.36. The van der Waals surface area contributed by atoms with Crippen molar-refractivity contribution < 1.29 is 27.8 Å². The number of carbonyl (C=O) groups excluding carboxylic acids is 1. The van der Waals surface area contributed by atoms with E-state index in [4.69, 9.17) is 35.8 Å². The van der Waals surface area contributed by atoms with E-state index in [0.717, 1.165) is 31.4 Å². The molecular weight excluding hydrogens is 658 g/mol. The number of ether oxygens (including phenoxy) is 3. The average molecular weight is 695 g/mol. The number of halogens is 3. The lowest BCUT2D eigenvalue weighted by molar-refractivity contribution is 0.0865. The summed E-state index contributed by atoms with van der Waals surface area (Å²) in [6.07, 6.45) is 5.36. The topological polar surface area (TPSA) is 131 Å². The standard InChI is InChI=1S/C34H37ClF2N8O4/c1-33-15-44(6-8-47-16-33)30-22-12-38-29(27(37)28(22)40-31(41-30)49-17-34-4-2-5-45(34)14-19(36)11-34)26-21-13-39-43-24(21)10-23(35)25(26)20-9-18(20)3-7-48-32(46)42-33/h10,12-13,18-20H,2-9,11,14-17H2,1H3,(H,39,43)(H,42,46)/t18-,19+,20+,33+,34-/m0/s1. The molecule has 6 bridgehead atoms. The summed E-state index contributed by atoms with van der Waals surface area (Å²) < 4.78 is 49.8. The highest BCUT2D eigenvalue weighted by Crippen LogP contribution is 2.56. The van der Waals surface area contributed by atoms with Gasteiger partial charge in [-0.1, -0.05) is 11.6 Å². The van der Waals surface area contributed by atoms with Gasteiger partial charge >= 0.3 is 12.1 Å². The number of hydrogen-bond acceptors (Lipinski definition) is 10. The van der Waals surface area contributed by atoms with E-state index >= 15 is 4.39 Å². The molecule has 6 aliphatic rings. The molecule has 0 radical (unpaired) electrons. The Morgan fingerprint density at radius 3 is 3.00 bits per heavy atom. The van der Waals surface area contributed by atoms with E-state index in [9.17, 15) is 9.18 Å². The van der Waals surface area contributed by atoms with Crippen LogP contribution in [-0.2, 0) is 9.47 Å². The number of hydrogen-bond donors (Lipinski definition) is 2. The summed E-state index contributed by atoms with van der Waals surface area (Å²) in [7, 11) is 0. The number of carbonyl (C=O) groups is 1. The molecule has 4 aromatic rings. The number of H-pyrrole nitrogens is 1. The van der Waals surface area contributed by atoms with Crippen LogP contribution in [-0.4, -0.2) is 106 Å². The van der Waals surface area contributed by atoms with Crippen molar-refractivity contribution in [3.05, 3.63) is 34.9 Å². The molecule has 258 valence electrons. The highest BCUT2D eigenvalue weighted by molar-refractivity contribution is 6.33. The summed E-state index contributed by atoms with van der Waals surface area (Å²) in [5, 5.41) is 11.8. The smallest absolute Gasteiger partial charge is 0.407 e. The first-order valence-electron chi connectivity index (χ1n) is 17.0. The lowest BCUT2D eigenvalue weighted by Crippen LogP contribution is -2.55. The van der Waals surface area contributed by atoms with Crippen LogP contribution in [0.1, 0.15) is 50.5 Å². The van der Waals surface area contributed by atoms with E-state index in [2.05, 4.69) is 25.4 Å². The first kappa shape index (κ1) is 31.1. The SMILES string of the molecule is C[C@]12COCCN(C1)c1nc(OC[C@@]34CCCN3C[C@H](F)C4)nc3c(F)c(ncc13)-c1c(c(Cl)cc3[nH]ncc13)[C@@H]1C[C@@H]1CCOC(=O)N2. The van der Waals surface area contributed by atoms with Gasteiger partial charge in [0.05, 0.1) is 48.0 Å². The molecule has 1 aromatic carbocycles. The van der Waals surface area contributed by atoms with Crippen LogP contribution in [0.4, 0.5) is 19.4 Å². The molecule has 3 saturated heterocycles. The number of nitrogens with zero attached hydrogens (tertiary/aromatic N) is 6. The van der Waals surface area contributed by atoms with Crippen LogP contribution in [0.25, 0.3) is 33.1 Å². The maximum Gasteiger partial charge on any atom is 0.407 e. The number of fused-ring (bicyclic) bond motifs is 7. The summed E-state index contributed by atoms with van der Waals surface area (Å²) in [5.41, 5.74) is 0.851. The fraction of sp³-hybridized carbons (Fsp3) is 0.559. The molecular formula is C34H37ClF2N8O4. The minimum atomic E-state index is -0.925. The third-order valence-electron chi connectivity index (χ3n) is 11.0. The lowest BCUT2D eigenvalue weighted by Gasteiger charge is -2.33. The Balaban J connectivity index is 1.22.